The number of carbonyl (C=O) groups is 2. The number of hydrogen-bond acceptors (Lipinski definition) is 3. The molecule has 1 aromatic heterocycles. The Morgan fingerprint density at radius 3 is 2.53 bits per heavy atom. The Morgan fingerprint density at radius 2 is 2.05 bits per heavy atom. The zero-order chi connectivity index (χ0) is 14.6. The third-order valence-electron chi connectivity index (χ3n) is 2.66. The number of aromatic nitrogens is 2. The lowest BCUT2D eigenvalue weighted by molar-refractivity contribution is -0.131. The van der Waals surface area contributed by atoms with Crippen molar-refractivity contribution in [1.82, 2.24) is 15.1 Å². The van der Waals surface area contributed by atoms with Gasteiger partial charge in [-0.2, -0.15) is 5.10 Å². The molecule has 1 heterocycles. The zero-order valence-electron chi connectivity index (χ0n) is 11.5. The van der Waals surface area contributed by atoms with Crippen molar-refractivity contribution in [2.45, 2.75) is 39.8 Å². The molecule has 0 spiro atoms. The van der Waals surface area contributed by atoms with Crippen LogP contribution < -0.4 is 5.32 Å². The predicted octanol–water partition coefficient (Wildman–Crippen LogP) is 1.53. The summed E-state index contributed by atoms with van der Waals surface area (Å²) in [5, 5.41) is 15.4. The first-order valence-corrected chi connectivity index (χ1v) is 6.09. The van der Waals surface area contributed by atoms with Crippen molar-refractivity contribution in [1.29, 1.82) is 0 Å². The van der Waals surface area contributed by atoms with Gasteiger partial charge in [-0.25, -0.2) is 4.79 Å². The Kier molecular flexibility index (Phi) is 4.86. The first-order valence-electron chi connectivity index (χ1n) is 6.09. The molecule has 1 aromatic rings. The van der Waals surface area contributed by atoms with Crippen LogP contribution in [-0.4, -0.2) is 32.8 Å². The SMILES string of the molecule is Cc1c(C(=O)NC(C)C=CC(=O)O)cnn1C(C)C. The molecular formula is C13H19N3O3. The van der Waals surface area contributed by atoms with Crippen LogP contribution >= 0.6 is 0 Å². The van der Waals surface area contributed by atoms with Gasteiger partial charge in [0.1, 0.15) is 0 Å². The Hall–Kier alpha value is -2.11. The number of hydrogen-bond donors (Lipinski definition) is 2. The minimum atomic E-state index is -1.04. The summed E-state index contributed by atoms with van der Waals surface area (Å²) in [6, 6.07) is -0.170. The third-order valence-corrected chi connectivity index (χ3v) is 2.66. The van der Waals surface area contributed by atoms with Crippen LogP contribution in [0.3, 0.4) is 0 Å². The second-order valence-corrected chi connectivity index (χ2v) is 4.64. The molecule has 0 fully saturated rings. The van der Waals surface area contributed by atoms with E-state index in [4.69, 9.17) is 5.11 Å². The average Bonchev–Trinajstić information content (AvgIpc) is 2.68. The number of carboxylic acids is 1. The number of nitrogens with one attached hydrogen (secondary N) is 1. The van der Waals surface area contributed by atoms with Crippen molar-refractivity contribution in [3.05, 3.63) is 29.6 Å². The second kappa shape index (κ2) is 6.17. The van der Waals surface area contributed by atoms with E-state index >= 15 is 0 Å². The summed E-state index contributed by atoms with van der Waals surface area (Å²) in [6.07, 6.45) is 3.95. The molecule has 0 radical (unpaired) electrons. The number of rotatable bonds is 5. The monoisotopic (exact) mass is 265 g/mol. The highest BCUT2D eigenvalue weighted by atomic mass is 16.4. The van der Waals surface area contributed by atoms with Crippen molar-refractivity contribution in [2.24, 2.45) is 0 Å². The minimum absolute atomic E-state index is 0.186. The van der Waals surface area contributed by atoms with Gasteiger partial charge < -0.3 is 10.4 Å². The van der Waals surface area contributed by atoms with Gasteiger partial charge in [0.25, 0.3) is 5.91 Å². The number of nitrogens with zero attached hydrogens (tertiary/aromatic N) is 2. The Balaban J connectivity index is 2.76. The van der Waals surface area contributed by atoms with Gasteiger partial charge in [-0.05, 0) is 27.7 Å². The summed E-state index contributed by atoms with van der Waals surface area (Å²) >= 11 is 0. The molecule has 0 bridgehead atoms. The fourth-order valence-electron chi connectivity index (χ4n) is 1.73. The third kappa shape index (κ3) is 3.94. The molecule has 1 rings (SSSR count). The van der Waals surface area contributed by atoms with Crippen LogP contribution in [-0.2, 0) is 4.79 Å². The van der Waals surface area contributed by atoms with E-state index in [1.165, 1.54) is 12.3 Å². The van der Waals surface area contributed by atoms with Gasteiger partial charge in [-0.15, -0.1) is 0 Å². The molecule has 0 aliphatic heterocycles. The summed E-state index contributed by atoms with van der Waals surface area (Å²) in [6.45, 7) is 7.51. The van der Waals surface area contributed by atoms with Gasteiger partial charge in [0.15, 0.2) is 0 Å². The molecule has 0 aromatic carbocycles. The molecule has 6 heteroatoms. The summed E-state index contributed by atoms with van der Waals surface area (Å²) in [4.78, 5) is 22.4. The Bertz CT molecular complexity index is 503. The molecule has 6 nitrogen and oxygen atoms in total. The highest BCUT2D eigenvalue weighted by molar-refractivity contribution is 5.95. The standard InChI is InChI=1S/C13H19N3O3/c1-8(2)16-10(4)11(7-14-16)13(19)15-9(3)5-6-12(17)18/h5-9H,1-4H3,(H,15,19)(H,17,18). The lowest BCUT2D eigenvalue weighted by atomic mass is 10.2. The molecule has 0 aliphatic rings. The quantitative estimate of drug-likeness (QED) is 0.791. The molecular weight excluding hydrogens is 246 g/mol. The van der Waals surface area contributed by atoms with E-state index in [2.05, 4.69) is 10.4 Å². The van der Waals surface area contributed by atoms with Gasteiger partial charge in [0.05, 0.1) is 11.8 Å². The number of aliphatic carboxylic acids is 1. The van der Waals surface area contributed by atoms with E-state index in [1.807, 2.05) is 20.8 Å². The van der Waals surface area contributed by atoms with E-state index in [0.29, 0.717) is 5.56 Å². The summed E-state index contributed by atoms with van der Waals surface area (Å²) in [5.41, 5.74) is 1.30. The van der Waals surface area contributed by atoms with Gasteiger partial charge in [0.2, 0.25) is 0 Å². The largest absolute Gasteiger partial charge is 0.478 e. The fraction of sp³-hybridized carbons (Fsp3) is 0.462. The van der Waals surface area contributed by atoms with Crippen LogP contribution in [0.15, 0.2) is 18.3 Å². The van der Waals surface area contributed by atoms with Crippen LogP contribution in [0, 0.1) is 6.92 Å². The van der Waals surface area contributed by atoms with Gasteiger partial charge in [0, 0.05) is 23.9 Å². The minimum Gasteiger partial charge on any atom is -0.478 e. The van der Waals surface area contributed by atoms with Crippen LogP contribution in [0.4, 0.5) is 0 Å². The van der Waals surface area contributed by atoms with Crippen molar-refractivity contribution in [3.8, 4) is 0 Å². The molecule has 104 valence electrons. The lowest BCUT2D eigenvalue weighted by Gasteiger charge is -2.11. The predicted molar refractivity (Wildman–Crippen MR) is 71.1 cm³/mol. The summed E-state index contributed by atoms with van der Waals surface area (Å²) in [7, 11) is 0. The van der Waals surface area contributed by atoms with Crippen LogP contribution in [0.5, 0.6) is 0 Å². The highest BCUT2D eigenvalue weighted by Gasteiger charge is 2.16. The van der Waals surface area contributed by atoms with E-state index in [0.717, 1.165) is 11.8 Å². The molecule has 2 N–H and O–H groups in total. The molecule has 0 saturated carbocycles. The maximum Gasteiger partial charge on any atom is 0.328 e. The topological polar surface area (TPSA) is 84.2 Å². The van der Waals surface area contributed by atoms with Crippen LogP contribution in [0.2, 0.25) is 0 Å². The number of carboxylic acid groups (broad SMARTS) is 1. The Labute approximate surface area is 112 Å². The molecule has 1 unspecified atom stereocenters. The van der Waals surface area contributed by atoms with Crippen molar-refractivity contribution >= 4 is 11.9 Å². The zero-order valence-corrected chi connectivity index (χ0v) is 11.5. The smallest absolute Gasteiger partial charge is 0.328 e. The number of amides is 1. The van der Waals surface area contributed by atoms with Crippen LogP contribution in [0.25, 0.3) is 0 Å². The molecule has 19 heavy (non-hydrogen) atoms. The maximum absolute atomic E-state index is 12.0. The maximum atomic E-state index is 12.0. The Morgan fingerprint density at radius 1 is 1.42 bits per heavy atom. The normalized spacial score (nSPS) is 12.9. The molecule has 0 aliphatic carbocycles. The first kappa shape index (κ1) is 14.9. The van der Waals surface area contributed by atoms with E-state index < -0.39 is 5.97 Å². The van der Waals surface area contributed by atoms with E-state index in [-0.39, 0.29) is 18.0 Å². The van der Waals surface area contributed by atoms with E-state index in [9.17, 15) is 9.59 Å². The fourth-order valence-corrected chi connectivity index (χ4v) is 1.73. The highest BCUT2D eigenvalue weighted by Crippen LogP contribution is 2.12. The second-order valence-electron chi connectivity index (χ2n) is 4.64. The first-order chi connectivity index (χ1) is 8.82. The lowest BCUT2D eigenvalue weighted by Crippen LogP contribution is -2.31. The van der Waals surface area contributed by atoms with Crippen LogP contribution in [0.1, 0.15) is 42.9 Å². The van der Waals surface area contributed by atoms with Crippen molar-refractivity contribution in [2.75, 3.05) is 0 Å². The van der Waals surface area contributed by atoms with E-state index in [1.54, 1.807) is 11.6 Å². The summed E-state index contributed by atoms with van der Waals surface area (Å²) < 4.78 is 1.77. The number of carbonyl (C=O) groups excluding carboxylic acids is 1. The van der Waals surface area contributed by atoms with Crippen molar-refractivity contribution in [3.63, 3.8) is 0 Å². The van der Waals surface area contributed by atoms with Gasteiger partial charge in [-0.1, -0.05) is 6.08 Å². The van der Waals surface area contributed by atoms with Gasteiger partial charge >= 0.3 is 5.97 Å². The van der Waals surface area contributed by atoms with Crippen molar-refractivity contribution < 1.29 is 14.7 Å². The average molecular weight is 265 g/mol. The molecule has 0 saturated heterocycles. The molecule has 1 atom stereocenters. The molecule has 1 amide bonds. The van der Waals surface area contributed by atoms with Gasteiger partial charge in [-0.3, -0.25) is 9.48 Å². The summed E-state index contributed by atoms with van der Waals surface area (Å²) in [5.74, 6) is -1.29.